The smallest absolute Gasteiger partial charge is 0.265 e. The number of amides is 1. The SMILES string of the molecule is Cc1ccc2nc(-c3ccc(NC(=O)c4cc(COc5cccc(F)c5)cs4)cc3)sc2c1. The van der Waals surface area contributed by atoms with Crippen LogP contribution in [-0.2, 0) is 6.61 Å². The molecule has 0 bridgehead atoms. The molecule has 1 amide bonds. The van der Waals surface area contributed by atoms with E-state index in [9.17, 15) is 9.18 Å². The number of ether oxygens (including phenoxy) is 1. The third-order valence-electron chi connectivity index (χ3n) is 5.01. The summed E-state index contributed by atoms with van der Waals surface area (Å²) in [5.74, 6) is -0.0714. The molecule has 0 unspecified atom stereocenters. The van der Waals surface area contributed by atoms with E-state index in [4.69, 9.17) is 9.72 Å². The molecule has 0 aliphatic rings. The predicted octanol–water partition coefficient (Wildman–Crippen LogP) is 7.30. The summed E-state index contributed by atoms with van der Waals surface area (Å²) < 4.78 is 20.0. The molecular formula is C26H19FN2O2S2. The summed E-state index contributed by atoms with van der Waals surface area (Å²) in [5.41, 5.74) is 4.79. The van der Waals surface area contributed by atoms with E-state index in [1.807, 2.05) is 35.7 Å². The zero-order valence-electron chi connectivity index (χ0n) is 17.7. The highest BCUT2D eigenvalue weighted by Gasteiger charge is 2.11. The van der Waals surface area contributed by atoms with Gasteiger partial charge in [-0.25, -0.2) is 9.37 Å². The minimum Gasteiger partial charge on any atom is -0.489 e. The number of rotatable bonds is 6. The van der Waals surface area contributed by atoms with Crippen LogP contribution in [0.4, 0.5) is 10.1 Å². The highest BCUT2D eigenvalue weighted by Crippen LogP contribution is 2.31. The van der Waals surface area contributed by atoms with Gasteiger partial charge in [0, 0.05) is 22.9 Å². The lowest BCUT2D eigenvalue weighted by Crippen LogP contribution is -2.10. The Morgan fingerprint density at radius 1 is 1.06 bits per heavy atom. The second-order valence-electron chi connectivity index (χ2n) is 7.59. The molecule has 1 N–H and O–H groups in total. The number of thiophene rings is 1. The van der Waals surface area contributed by atoms with Crippen molar-refractivity contribution in [3.63, 3.8) is 0 Å². The number of halogens is 1. The number of aryl methyl sites for hydroxylation is 1. The first kappa shape index (κ1) is 21.3. The molecule has 0 saturated carbocycles. The standard InChI is InChI=1S/C26H19FN2O2S2/c1-16-5-10-22-23(11-16)33-26(29-22)18-6-8-20(9-7-18)28-25(30)24-12-17(15-32-24)14-31-21-4-2-3-19(27)13-21/h2-13,15H,14H2,1H3,(H,28,30). The molecule has 2 aromatic heterocycles. The van der Waals surface area contributed by atoms with E-state index in [2.05, 4.69) is 24.4 Å². The Morgan fingerprint density at radius 3 is 2.73 bits per heavy atom. The number of hydrogen-bond acceptors (Lipinski definition) is 5. The molecule has 3 aromatic carbocycles. The first-order valence-corrected chi connectivity index (χ1v) is 12.0. The van der Waals surface area contributed by atoms with E-state index in [1.165, 1.54) is 29.0 Å². The number of carbonyl (C=O) groups is 1. The third-order valence-corrected chi connectivity index (χ3v) is 7.06. The number of thiazole rings is 1. The fourth-order valence-corrected chi connectivity index (χ4v) is 5.20. The number of benzene rings is 3. The summed E-state index contributed by atoms with van der Waals surface area (Å²) in [7, 11) is 0. The Bertz CT molecular complexity index is 1440. The van der Waals surface area contributed by atoms with Crippen LogP contribution >= 0.6 is 22.7 Å². The quantitative estimate of drug-likeness (QED) is 0.281. The minimum absolute atomic E-state index is 0.180. The Morgan fingerprint density at radius 2 is 1.91 bits per heavy atom. The zero-order valence-corrected chi connectivity index (χ0v) is 19.3. The molecule has 164 valence electrons. The van der Waals surface area contributed by atoms with Crippen molar-refractivity contribution in [1.82, 2.24) is 4.98 Å². The van der Waals surface area contributed by atoms with Crippen LogP contribution in [0.5, 0.6) is 5.75 Å². The molecule has 5 rings (SSSR count). The van der Waals surface area contributed by atoms with Gasteiger partial charge in [0.05, 0.1) is 15.1 Å². The molecule has 0 radical (unpaired) electrons. The predicted molar refractivity (Wildman–Crippen MR) is 133 cm³/mol. The van der Waals surface area contributed by atoms with E-state index < -0.39 is 0 Å². The van der Waals surface area contributed by atoms with E-state index >= 15 is 0 Å². The number of anilines is 1. The summed E-state index contributed by atoms with van der Waals surface area (Å²) >= 11 is 3.00. The van der Waals surface area contributed by atoms with E-state index in [-0.39, 0.29) is 18.3 Å². The Labute approximate surface area is 198 Å². The summed E-state index contributed by atoms with van der Waals surface area (Å²) in [6.07, 6.45) is 0. The second-order valence-corrected chi connectivity index (χ2v) is 9.53. The maximum atomic E-state index is 13.3. The topological polar surface area (TPSA) is 51.2 Å². The van der Waals surface area contributed by atoms with Gasteiger partial charge in [-0.15, -0.1) is 22.7 Å². The number of hydrogen-bond donors (Lipinski definition) is 1. The fraction of sp³-hybridized carbons (Fsp3) is 0.0769. The van der Waals surface area contributed by atoms with Crippen molar-refractivity contribution < 1.29 is 13.9 Å². The van der Waals surface area contributed by atoms with Gasteiger partial charge in [-0.3, -0.25) is 4.79 Å². The molecule has 0 saturated heterocycles. The normalized spacial score (nSPS) is 11.0. The van der Waals surface area contributed by atoms with Crippen molar-refractivity contribution in [2.24, 2.45) is 0 Å². The molecule has 2 heterocycles. The van der Waals surface area contributed by atoms with Crippen LogP contribution in [0.2, 0.25) is 0 Å². The third kappa shape index (κ3) is 4.94. The number of carbonyl (C=O) groups excluding carboxylic acids is 1. The lowest BCUT2D eigenvalue weighted by Gasteiger charge is -2.05. The van der Waals surface area contributed by atoms with Gasteiger partial charge in [0.25, 0.3) is 5.91 Å². The lowest BCUT2D eigenvalue weighted by atomic mass is 10.2. The van der Waals surface area contributed by atoms with Gasteiger partial charge in [-0.05, 0) is 72.5 Å². The van der Waals surface area contributed by atoms with Crippen LogP contribution in [0, 0.1) is 12.7 Å². The van der Waals surface area contributed by atoms with Crippen LogP contribution in [0.15, 0.2) is 78.2 Å². The molecule has 33 heavy (non-hydrogen) atoms. The summed E-state index contributed by atoms with van der Waals surface area (Å²) in [6.45, 7) is 2.34. The van der Waals surface area contributed by atoms with Gasteiger partial charge in [0.15, 0.2) is 0 Å². The van der Waals surface area contributed by atoms with Crippen LogP contribution < -0.4 is 10.1 Å². The molecule has 0 aliphatic carbocycles. The molecule has 0 atom stereocenters. The largest absolute Gasteiger partial charge is 0.489 e. The first-order chi connectivity index (χ1) is 16.0. The number of nitrogens with one attached hydrogen (secondary N) is 1. The molecule has 0 fully saturated rings. The average Bonchev–Trinajstić information content (AvgIpc) is 3.45. The van der Waals surface area contributed by atoms with Gasteiger partial charge in [0.1, 0.15) is 23.2 Å². The Hall–Kier alpha value is -3.55. The molecule has 4 nitrogen and oxygen atoms in total. The molecule has 5 aromatic rings. The number of nitrogens with zero attached hydrogens (tertiary/aromatic N) is 1. The van der Waals surface area contributed by atoms with Crippen LogP contribution in [0.3, 0.4) is 0 Å². The number of fused-ring (bicyclic) bond motifs is 1. The maximum Gasteiger partial charge on any atom is 0.265 e. The fourth-order valence-electron chi connectivity index (χ4n) is 3.34. The summed E-state index contributed by atoms with van der Waals surface area (Å²) in [6, 6.07) is 21.7. The van der Waals surface area contributed by atoms with Crippen molar-refractivity contribution in [3.8, 4) is 16.3 Å². The van der Waals surface area contributed by atoms with Crippen molar-refractivity contribution in [2.45, 2.75) is 13.5 Å². The first-order valence-electron chi connectivity index (χ1n) is 10.3. The molecule has 7 heteroatoms. The van der Waals surface area contributed by atoms with Crippen LogP contribution in [0.25, 0.3) is 20.8 Å². The van der Waals surface area contributed by atoms with Crippen molar-refractivity contribution in [1.29, 1.82) is 0 Å². The van der Waals surface area contributed by atoms with Gasteiger partial charge in [-0.2, -0.15) is 0 Å². The monoisotopic (exact) mass is 474 g/mol. The van der Waals surface area contributed by atoms with Crippen LogP contribution in [0.1, 0.15) is 20.8 Å². The van der Waals surface area contributed by atoms with Gasteiger partial charge >= 0.3 is 0 Å². The lowest BCUT2D eigenvalue weighted by molar-refractivity contribution is 0.103. The van der Waals surface area contributed by atoms with Crippen molar-refractivity contribution in [2.75, 3.05) is 5.32 Å². The van der Waals surface area contributed by atoms with E-state index in [0.717, 1.165) is 26.4 Å². The van der Waals surface area contributed by atoms with Gasteiger partial charge in [-0.1, -0.05) is 12.1 Å². The Kier molecular flexibility index (Phi) is 5.90. The van der Waals surface area contributed by atoms with Crippen molar-refractivity contribution in [3.05, 3.63) is 100.0 Å². The van der Waals surface area contributed by atoms with Crippen molar-refractivity contribution >= 4 is 44.5 Å². The average molecular weight is 475 g/mol. The zero-order chi connectivity index (χ0) is 22.8. The highest BCUT2D eigenvalue weighted by molar-refractivity contribution is 7.21. The molecular weight excluding hydrogens is 455 g/mol. The second kappa shape index (κ2) is 9.13. The molecule has 0 spiro atoms. The summed E-state index contributed by atoms with van der Waals surface area (Å²) in [4.78, 5) is 17.9. The van der Waals surface area contributed by atoms with E-state index in [1.54, 1.807) is 29.5 Å². The maximum absolute atomic E-state index is 13.3. The molecule has 0 aliphatic heterocycles. The Balaban J connectivity index is 1.22. The van der Waals surface area contributed by atoms with Gasteiger partial charge in [0.2, 0.25) is 0 Å². The van der Waals surface area contributed by atoms with Gasteiger partial charge < -0.3 is 10.1 Å². The summed E-state index contributed by atoms with van der Waals surface area (Å²) in [5, 5.41) is 5.75. The highest BCUT2D eigenvalue weighted by atomic mass is 32.1. The number of aromatic nitrogens is 1. The van der Waals surface area contributed by atoms with Crippen LogP contribution in [-0.4, -0.2) is 10.9 Å². The minimum atomic E-state index is -0.345. The van der Waals surface area contributed by atoms with E-state index in [0.29, 0.717) is 16.3 Å².